The van der Waals surface area contributed by atoms with Crippen LogP contribution in [-0.4, -0.2) is 41.0 Å². The molecule has 2 fully saturated rings. The summed E-state index contributed by atoms with van der Waals surface area (Å²) in [6.45, 7) is 2.28. The van der Waals surface area contributed by atoms with E-state index in [9.17, 15) is 4.79 Å². The Morgan fingerprint density at radius 3 is 2.76 bits per heavy atom. The average molecular weight is 333 g/mol. The molecule has 0 saturated carbocycles. The van der Waals surface area contributed by atoms with Crippen LogP contribution in [0.1, 0.15) is 36.2 Å². The molecule has 2 aliphatic rings. The summed E-state index contributed by atoms with van der Waals surface area (Å²) in [7, 11) is 0. The van der Waals surface area contributed by atoms with Crippen molar-refractivity contribution in [3.63, 3.8) is 0 Å². The van der Waals surface area contributed by atoms with Crippen LogP contribution in [0.2, 0.25) is 0 Å². The van der Waals surface area contributed by atoms with Crippen LogP contribution in [0.5, 0.6) is 0 Å². The van der Waals surface area contributed by atoms with Gasteiger partial charge in [-0.05, 0) is 37.9 Å². The smallest absolute Gasteiger partial charge is 0.270 e. The normalized spacial score (nSPS) is 24.4. The minimum absolute atomic E-state index is 0. The number of carbonyl (C=O) groups excluding carboxylic acids is 1. The number of nitrogens with zero attached hydrogens (tertiary/aromatic N) is 2. The molecule has 2 atom stereocenters. The number of nitrogens with one attached hydrogen (secondary N) is 1. The van der Waals surface area contributed by atoms with Gasteiger partial charge < -0.3 is 11.1 Å². The summed E-state index contributed by atoms with van der Waals surface area (Å²) in [5.41, 5.74) is 6.60. The summed E-state index contributed by atoms with van der Waals surface area (Å²) in [4.78, 5) is 18.7. The number of nitrogens with two attached hydrogens (primary N) is 1. The predicted molar refractivity (Wildman–Crippen MR) is 88.2 cm³/mol. The number of halogens is 2. The quantitative estimate of drug-likeness (QED) is 0.867. The van der Waals surface area contributed by atoms with Gasteiger partial charge in [0.2, 0.25) is 0 Å². The first-order valence-corrected chi connectivity index (χ1v) is 7.00. The Labute approximate surface area is 137 Å². The van der Waals surface area contributed by atoms with Crippen LogP contribution in [0, 0.1) is 0 Å². The maximum Gasteiger partial charge on any atom is 0.270 e. The Balaban J connectivity index is 0.00000110. The molecular formula is C14H22Cl2N4O. The van der Waals surface area contributed by atoms with E-state index in [1.54, 1.807) is 12.1 Å². The Morgan fingerprint density at radius 2 is 2.05 bits per heavy atom. The molecule has 0 aromatic carbocycles. The van der Waals surface area contributed by atoms with E-state index in [0.29, 0.717) is 17.4 Å². The number of piperidine rings is 1. The van der Waals surface area contributed by atoms with Gasteiger partial charge in [0.05, 0.1) is 11.9 Å². The number of amides is 1. The molecule has 118 valence electrons. The van der Waals surface area contributed by atoms with Gasteiger partial charge in [0.25, 0.3) is 5.91 Å². The molecule has 2 saturated heterocycles. The topological polar surface area (TPSA) is 71.2 Å². The molecule has 7 heteroatoms. The molecule has 2 unspecified atom stereocenters. The standard InChI is InChI=1S/C14H20N4O.2ClH/c15-10-4-5-12(16-9-10)14(19)17-11-6-8-18-7-2-1-3-13(11)18;;/h4-5,9,11,13H,1-3,6-8,15H2,(H,17,19);2*1H. The summed E-state index contributed by atoms with van der Waals surface area (Å²) in [5.74, 6) is -0.0857. The maximum absolute atomic E-state index is 12.2. The molecule has 1 aromatic heterocycles. The summed E-state index contributed by atoms with van der Waals surface area (Å²) >= 11 is 0. The van der Waals surface area contributed by atoms with Crippen molar-refractivity contribution in [1.29, 1.82) is 0 Å². The largest absolute Gasteiger partial charge is 0.397 e. The first-order chi connectivity index (χ1) is 9.24. The number of hydrogen-bond acceptors (Lipinski definition) is 4. The summed E-state index contributed by atoms with van der Waals surface area (Å²) < 4.78 is 0. The van der Waals surface area contributed by atoms with Crippen molar-refractivity contribution >= 4 is 36.4 Å². The SMILES string of the molecule is Cl.Cl.Nc1ccc(C(=O)NC2CCN3CCCCC23)nc1. The van der Waals surface area contributed by atoms with Crippen molar-refractivity contribution in [2.45, 2.75) is 37.8 Å². The van der Waals surface area contributed by atoms with E-state index >= 15 is 0 Å². The number of pyridine rings is 1. The third-order valence-electron chi connectivity index (χ3n) is 4.19. The summed E-state index contributed by atoms with van der Waals surface area (Å²) in [6.07, 6.45) is 6.33. The van der Waals surface area contributed by atoms with Crippen molar-refractivity contribution in [1.82, 2.24) is 15.2 Å². The van der Waals surface area contributed by atoms with Gasteiger partial charge in [-0.25, -0.2) is 4.98 Å². The highest BCUT2D eigenvalue weighted by molar-refractivity contribution is 5.92. The van der Waals surface area contributed by atoms with Crippen LogP contribution in [0.3, 0.4) is 0 Å². The van der Waals surface area contributed by atoms with Crippen LogP contribution < -0.4 is 11.1 Å². The molecule has 21 heavy (non-hydrogen) atoms. The van der Waals surface area contributed by atoms with Gasteiger partial charge in [-0.2, -0.15) is 0 Å². The van der Waals surface area contributed by atoms with Crippen LogP contribution >= 0.6 is 24.8 Å². The third-order valence-corrected chi connectivity index (χ3v) is 4.19. The van der Waals surface area contributed by atoms with Crippen molar-refractivity contribution in [2.24, 2.45) is 0 Å². The zero-order chi connectivity index (χ0) is 13.2. The Kier molecular flexibility index (Phi) is 6.71. The molecule has 1 aromatic rings. The lowest BCUT2D eigenvalue weighted by atomic mass is 9.99. The third kappa shape index (κ3) is 3.99. The van der Waals surface area contributed by atoms with Gasteiger partial charge in [0, 0.05) is 18.6 Å². The van der Waals surface area contributed by atoms with E-state index in [0.717, 1.165) is 13.0 Å². The van der Waals surface area contributed by atoms with Gasteiger partial charge >= 0.3 is 0 Å². The highest BCUT2D eigenvalue weighted by atomic mass is 35.5. The highest BCUT2D eigenvalue weighted by Gasteiger charge is 2.36. The molecule has 2 aliphatic heterocycles. The summed E-state index contributed by atoms with van der Waals surface area (Å²) in [5, 5.41) is 3.13. The van der Waals surface area contributed by atoms with E-state index in [1.807, 2.05) is 0 Å². The Bertz CT molecular complexity index is 469. The van der Waals surface area contributed by atoms with Crippen LogP contribution in [0.25, 0.3) is 0 Å². The first-order valence-electron chi connectivity index (χ1n) is 7.00. The first kappa shape index (κ1) is 18.0. The van der Waals surface area contributed by atoms with E-state index in [1.165, 1.54) is 32.0 Å². The van der Waals surface area contributed by atoms with Crippen molar-refractivity contribution in [3.05, 3.63) is 24.0 Å². The molecule has 1 amide bonds. The fourth-order valence-corrected chi connectivity index (χ4v) is 3.20. The predicted octanol–water partition coefficient (Wildman–Crippen LogP) is 1.86. The van der Waals surface area contributed by atoms with Gasteiger partial charge in [-0.1, -0.05) is 6.42 Å². The summed E-state index contributed by atoms with van der Waals surface area (Å²) in [6, 6.07) is 4.18. The number of nitrogen functional groups attached to an aromatic ring is 1. The lowest BCUT2D eigenvalue weighted by Crippen LogP contribution is -2.46. The van der Waals surface area contributed by atoms with E-state index < -0.39 is 0 Å². The molecule has 3 heterocycles. The second-order valence-corrected chi connectivity index (χ2v) is 5.44. The average Bonchev–Trinajstić information content (AvgIpc) is 2.83. The molecule has 0 spiro atoms. The molecule has 0 bridgehead atoms. The Morgan fingerprint density at radius 1 is 1.24 bits per heavy atom. The van der Waals surface area contributed by atoms with Gasteiger partial charge in [-0.3, -0.25) is 9.69 Å². The van der Waals surface area contributed by atoms with E-state index in [2.05, 4.69) is 15.2 Å². The van der Waals surface area contributed by atoms with E-state index in [4.69, 9.17) is 5.73 Å². The van der Waals surface area contributed by atoms with Gasteiger partial charge in [0.15, 0.2) is 0 Å². The molecule has 5 nitrogen and oxygen atoms in total. The van der Waals surface area contributed by atoms with Gasteiger partial charge in [-0.15, -0.1) is 24.8 Å². The molecular weight excluding hydrogens is 311 g/mol. The highest BCUT2D eigenvalue weighted by Crippen LogP contribution is 2.27. The second-order valence-electron chi connectivity index (χ2n) is 5.44. The van der Waals surface area contributed by atoms with Gasteiger partial charge in [0.1, 0.15) is 5.69 Å². The maximum atomic E-state index is 12.2. The van der Waals surface area contributed by atoms with Crippen molar-refractivity contribution < 1.29 is 4.79 Å². The zero-order valence-corrected chi connectivity index (χ0v) is 13.5. The number of hydrogen-bond donors (Lipinski definition) is 2. The van der Waals surface area contributed by atoms with Crippen LogP contribution in [0.15, 0.2) is 18.3 Å². The fourth-order valence-electron chi connectivity index (χ4n) is 3.20. The molecule has 0 radical (unpaired) electrons. The zero-order valence-electron chi connectivity index (χ0n) is 11.8. The molecule has 0 aliphatic carbocycles. The Hall–Kier alpha value is -1.04. The molecule has 3 rings (SSSR count). The minimum Gasteiger partial charge on any atom is -0.397 e. The number of rotatable bonds is 2. The number of carbonyl (C=O) groups is 1. The molecule has 3 N–H and O–H groups in total. The lowest BCUT2D eigenvalue weighted by Gasteiger charge is -2.32. The van der Waals surface area contributed by atoms with E-state index in [-0.39, 0.29) is 36.8 Å². The lowest BCUT2D eigenvalue weighted by molar-refractivity contribution is 0.0910. The van der Waals surface area contributed by atoms with Crippen LogP contribution in [-0.2, 0) is 0 Å². The van der Waals surface area contributed by atoms with Crippen molar-refractivity contribution in [3.8, 4) is 0 Å². The number of anilines is 1. The monoisotopic (exact) mass is 332 g/mol. The second kappa shape index (κ2) is 7.82. The fraction of sp³-hybridized carbons (Fsp3) is 0.571. The minimum atomic E-state index is -0.0857. The number of aromatic nitrogens is 1. The number of fused-ring (bicyclic) bond motifs is 1. The van der Waals surface area contributed by atoms with Crippen molar-refractivity contribution in [2.75, 3.05) is 18.8 Å². The van der Waals surface area contributed by atoms with Crippen LogP contribution in [0.4, 0.5) is 5.69 Å².